The minimum Gasteiger partial charge on any atom is -0.374 e. The maximum Gasteiger partial charge on any atom is 0.435 e. The highest BCUT2D eigenvalue weighted by atomic mass is 35.5. The number of halogens is 6. The number of amides is 2. The molecule has 2 amide bonds. The number of nitrogens with zero attached hydrogens (tertiary/aromatic N) is 1. The third kappa shape index (κ3) is 5.99. The van der Waals surface area contributed by atoms with Gasteiger partial charge in [-0.3, -0.25) is 9.59 Å². The van der Waals surface area contributed by atoms with Gasteiger partial charge in [-0.2, -0.15) is 13.2 Å². The largest absolute Gasteiger partial charge is 0.435 e. The van der Waals surface area contributed by atoms with E-state index in [1.54, 1.807) is 13.0 Å². The Bertz CT molecular complexity index is 1630. The molecular formula is C30H27Cl3F3N3O3S. The topological polar surface area (TPSA) is 79.8 Å². The van der Waals surface area contributed by atoms with E-state index in [-0.39, 0.29) is 38.3 Å². The molecule has 43 heavy (non-hydrogen) atoms. The maximum absolute atomic E-state index is 14.5. The average Bonchev–Trinajstić information content (AvgIpc) is 3.54. The number of rotatable bonds is 6. The first kappa shape index (κ1) is 31.6. The third-order valence-electron chi connectivity index (χ3n) is 7.49. The van der Waals surface area contributed by atoms with Gasteiger partial charge in [0.1, 0.15) is 5.00 Å². The molecule has 0 spiro atoms. The van der Waals surface area contributed by atoms with Crippen LogP contribution in [0.15, 0.2) is 35.5 Å². The van der Waals surface area contributed by atoms with Crippen LogP contribution < -0.4 is 10.6 Å². The van der Waals surface area contributed by atoms with Gasteiger partial charge in [-0.05, 0) is 87.4 Å². The van der Waals surface area contributed by atoms with Crippen molar-refractivity contribution in [3.63, 3.8) is 0 Å². The highest BCUT2D eigenvalue weighted by Gasteiger charge is 2.62. The van der Waals surface area contributed by atoms with Gasteiger partial charge in [0.05, 0.1) is 26.3 Å². The molecule has 1 aromatic heterocycles. The number of benzene rings is 2. The summed E-state index contributed by atoms with van der Waals surface area (Å²) < 4.78 is 43.4. The summed E-state index contributed by atoms with van der Waals surface area (Å²) in [6.45, 7) is 5.42. The van der Waals surface area contributed by atoms with Crippen molar-refractivity contribution in [1.82, 2.24) is 5.32 Å². The van der Waals surface area contributed by atoms with E-state index >= 15 is 0 Å². The summed E-state index contributed by atoms with van der Waals surface area (Å²) >= 11 is 19.4. The van der Waals surface area contributed by atoms with Crippen LogP contribution in [-0.2, 0) is 23.3 Å². The van der Waals surface area contributed by atoms with E-state index in [4.69, 9.17) is 39.6 Å². The molecule has 1 aliphatic heterocycles. The Morgan fingerprint density at radius 3 is 2.35 bits per heavy atom. The fraction of sp³-hybridized carbons (Fsp3) is 0.367. The van der Waals surface area contributed by atoms with Crippen molar-refractivity contribution < 1.29 is 27.6 Å². The number of nitrogens with one attached hydrogen (secondary N) is 2. The predicted molar refractivity (Wildman–Crippen MR) is 164 cm³/mol. The second kappa shape index (κ2) is 12.0. The minimum atomic E-state index is -4.87. The lowest BCUT2D eigenvalue weighted by Crippen LogP contribution is -2.42. The molecule has 0 bridgehead atoms. The zero-order valence-electron chi connectivity index (χ0n) is 23.3. The van der Waals surface area contributed by atoms with Crippen molar-refractivity contribution in [2.75, 3.05) is 5.32 Å². The number of hydrogen-bond donors (Lipinski definition) is 2. The smallest absolute Gasteiger partial charge is 0.374 e. The van der Waals surface area contributed by atoms with Gasteiger partial charge in [-0.1, -0.05) is 46.0 Å². The molecule has 0 radical (unpaired) electrons. The van der Waals surface area contributed by atoms with Crippen molar-refractivity contribution in [1.29, 1.82) is 0 Å². The van der Waals surface area contributed by atoms with Crippen molar-refractivity contribution in [2.45, 2.75) is 70.7 Å². The van der Waals surface area contributed by atoms with E-state index in [1.165, 1.54) is 23.5 Å². The van der Waals surface area contributed by atoms with Crippen LogP contribution in [0.1, 0.15) is 81.0 Å². The fourth-order valence-electron chi connectivity index (χ4n) is 5.34. The number of carbonyl (C=O) groups excluding carboxylic acids is 2. The Labute approximate surface area is 265 Å². The monoisotopic (exact) mass is 671 g/mol. The SMILES string of the molecule is Cc1cc(C2=NOC(c3cc(Cl)c(Cl)c(Cl)c3)(C(F)(F)F)C2)ccc1C(=O)Nc1sc2c(c1C(=O)NC(C)C)CCCC2. The molecule has 5 rings (SSSR count). The van der Waals surface area contributed by atoms with Crippen LogP contribution in [0.4, 0.5) is 18.2 Å². The number of thiophene rings is 1. The molecule has 2 N–H and O–H groups in total. The van der Waals surface area contributed by atoms with Gasteiger partial charge in [0.2, 0.25) is 0 Å². The van der Waals surface area contributed by atoms with Gasteiger partial charge >= 0.3 is 6.18 Å². The summed E-state index contributed by atoms with van der Waals surface area (Å²) in [5.41, 5.74) is -0.468. The normalized spacial score (nSPS) is 18.2. The van der Waals surface area contributed by atoms with E-state index in [9.17, 15) is 22.8 Å². The number of anilines is 1. The second-order valence-corrected chi connectivity index (χ2v) is 13.2. The number of hydrogen-bond acceptors (Lipinski definition) is 5. The third-order valence-corrected chi connectivity index (χ3v) is 9.89. The molecule has 13 heteroatoms. The number of oxime groups is 1. The number of alkyl halides is 3. The Morgan fingerprint density at radius 2 is 1.72 bits per heavy atom. The predicted octanol–water partition coefficient (Wildman–Crippen LogP) is 8.87. The lowest BCUT2D eigenvalue weighted by molar-refractivity contribution is -0.275. The molecule has 0 fully saturated rings. The molecule has 1 atom stereocenters. The summed E-state index contributed by atoms with van der Waals surface area (Å²) in [5, 5.41) is 9.77. The van der Waals surface area contributed by atoms with Crippen LogP contribution in [-0.4, -0.2) is 29.7 Å². The molecule has 2 heterocycles. The summed E-state index contributed by atoms with van der Waals surface area (Å²) in [6, 6.07) is 6.68. The van der Waals surface area contributed by atoms with Crippen LogP contribution in [0.3, 0.4) is 0 Å². The molecule has 1 aliphatic carbocycles. The average molecular weight is 673 g/mol. The highest BCUT2D eigenvalue weighted by Crippen LogP contribution is 2.50. The molecule has 2 aromatic carbocycles. The second-order valence-electron chi connectivity index (χ2n) is 10.9. The molecular weight excluding hydrogens is 646 g/mol. The summed E-state index contributed by atoms with van der Waals surface area (Å²) in [5.74, 6) is -0.659. The van der Waals surface area contributed by atoms with Crippen LogP contribution in [0.2, 0.25) is 15.1 Å². The maximum atomic E-state index is 14.5. The van der Waals surface area contributed by atoms with E-state index in [2.05, 4.69) is 15.8 Å². The molecule has 6 nitrogen and oxygen atoms in total. The first-order valence-electron chi connectivity index (χ1n) is 13.6. The van der Waals surface area contributed by atoms with E-state index in [1.807, 2.05) is 13.8 Å². The van der Waals surface area contributed by atoms with Gasteiger partial charge in [0, 0.05) is 28.5 Å². The molecule has 3 aromatic rings. The van der Waals surface area contributed by atoms with Crippen molar-refractivity contribution in [3.8, 4) is 0 Å². The van der Waals surface area contributed by atoms with E-state index < -0.39 is 24.1 Å². The highest BCUT2D eigenvalue weighted by molar-refractivity contribution is 7.17. The molecule has 0 saturated heterocycles. The molecule has 2 aliphatic rings. The first-order valence-corrected chi connectivity index (χ1v) is 15.5. The van der Waals surface area contributed by atoms with E-state index in [0.29, 0.717) is 27.3 Å². The Balaban J connectivity index is 1.41. The first-order chi connectivity index (χ1) is 20.2. The van der Waals surface area contributed by atoms with Gasteiger partial charge in [-0.25, -0.2) is 0 Å². The zero-order chi connectivity index (χ0) is 31.3. The van der Waals surface area contributed by atoms with Gasteiger partial charge in [0.25, 0.3) is 17.4 Å². The van der Waals surface area contributed by atoms with Gasteiger partial charge in [-0.15, -0.1) is 11.3 Å². The summed E-state index contributed by atoms with van der Waals surface area (Å²) in [7, 11) is 0. The van der Waals surface area contributed by atoms with Crippen LogP contribution >= 0.6 is 46.1 Å². The van der Waals surface area contributed by atoms with Crippen molar-refractivity contribution in [3.05, 3.63) is 83.7 Å². The molecule has 1 unspecified atom stereocenters. The Kier molecular flexibility index (Phi) is 8.79. The van der Waals surface area contributed by atoms with Crippen molar-refractivity contribution in [2.24, 2.45) is 5.16 Å². The van der Waals surface area contributed by atoms with Crippen molar-refractivity contribution >= 4 is 68.7 Å². The van der Waals surface area contributed by atoms with Crippen LogP contribution in [0.25, 0.3) is 0 Å². The number of fused-ring (bicyclic) bond motifs is 1. The van der Waals surface area contributed by atoms with E-state index in [0.717, 1.165) is 48.3 Å². The number of carbonyl (C=O) groups is 2. The summed E-state index contributed by atoms with van der Waals surface area (Å²) in [6.07, 6.45) is -1.90. The van der Waals surface area contributed by atoms with Gasteiger partial charge < -0.3 is 15.5 Å². The standard InChI is InChI=1S/C30H27Cl3F3N3O3S/c1-14(2)37-27(41)24-19-6-4-5-7-23(19)43-28(24)38-26(40)18-9-8-16(10-15(18)3)22-13-29(42-39-22,30(34,35)36)17-11-20(31)25(33)21(32)12-17/h8-12,14H,4-7,13H2,1-3H3,(H,37,41)(H,38,40). The quantitative estimate of drug-likeness (QED) is 0.257. The molecule has 228 valence electrons. The van der Waals surface area contributed by atoms with Crippen LogP contribution in [0.5, 0.6) is 0 Å². The Morgan fingerprint density at radius 1 is 1.05 bits per heavy atom. The number of aryl methyl sites for hydroxylation is 2. The Hall–Kier alpha value is -2.79. The minimum absolute atomic E-state index is 0.0353. The fourth-order valence-corrected chi connectivity index (χ4v) is 7.22. The lowest BCUT2D eigenvalue weighted by atomic mass is 9.86. The zero-order valence-corrected chi connectivity index (χ0v) is 26.4. The lowest BCUT2D eigenvalue weighted by Gasteiger charge is -2.30. The summed E-state index contributed by atoms with van der Waals surface area (Å²) in [4.78, 5) is 32.7. The van der Waals surface area contributed by atoms with Gasteiger partial charge in [0.15, 0.2) is 0 Å². The molecule has 0 saturated carbocycles. The van der Waals surface area contributed by atoms with Crippen LogP contribution in [0, 0.1) is 6.92 Å².